The van der Waals surface area contributed by atoms with Crippen molar-refractivity contribution in [2.75, 3.05) is 19.6 Å². The first-order valence-electron chi connectivity index (χ1n) is 5.95. The number of carbonyl (C=O) groups excluding carboxylic acids is 1. The summed E-state index contributed by atoms with van der Waals surface area (Å²) >= 11 is 0. The van der Waals surface area contributed by atoms with Gasteiger partial charge in [0, 0.05) is 37.3 Å². The molecule has 20 heavy (non-hydrogen) atoms. The molecule has 1 aliphatic heterocycles. The molecular weight excluding hydrogens is 289 g/mol. The van der Waals surface area contributed by atoms with Gasteiger partial charge in [0.2, 0.25) is 0 Å². The molecule has 1 aromatic rings. The SMILES string of the molecule is CC1CN(C(=O)c2cc(F)cc([N+](=O)[O-])c2)CCN1.Cl. The zero-order valence-electron chi connectivity index (χ0n) is 10.8. The van der Waals surface area contributed by atoms with Gasteiger partial charge in [0.05, 0.1) is 11.0 Å². The molecule has 0 radical (unpaired) electrons. The number of hydrogen-bond donors (Lipinski definition) is 1. The van der Waals surface area contributed by atoms with Gasteiger partial charge >= 0.3 is 0 Å². The molecule has 1 N–H and O–H groups in total. The van der Waals surface area contributed by atoms with Crippen LogP contribution in [0.4, 0.5) is 10.1 Å². The molecule has 0 saturated carbocycles. The predicted octanol–water partition coefficient (Wildman–Crippen LogP) is 1.59. The topological polar surface area (TPSA) is 75.5 Å². The lowest BCUT2D eigenvalue weighted by atomic mass is 10.1. The molecular formula is C12H15ClFN3O3. The number of benzene rings is 1. The van der Waals surface area contributed by atoms with Gasteiger partial charge in [-0.2, -0.15) is 0 Å². The summed E-state index contributed by atoms with van der Waals surface area (Å²) in [6, 6.07) is 3.10. The van der Waals surface area contributed by atoms with Crippen LogP contribution in [0.25, 0.3) is 0 Å². The van der Waals surface area contributed by atoms with E-state index in [-0.39, 0.29) is 29.9 Å². The van der Waals surface area contributed by atoms with Crippen LogP contribution in [-0.4, -0.2) is 41.4 Å². The minimum Gasteiger partial charge on any atom is -0.336 e. The number of hydrogen-bond acceptors (Lipinski definition) is 4. The number of piperazine rings is 1. The predicted molar refractivity (Wildman–Crippen MR) is 73.7 cm³/mol. The largest absolute Gasteiger partial charge is 0.336 e. The van der Waals surface area contributed by atoms with Crippen LogP contribution < -0.4 is 5.32 Å². The van der Waals surface area contributed by atoms with Gasteiger partial charge in [-0.15, -0.1) is 12.4 Å². The highest BCUT2D eigenvalue weighted by Crippen LogP contribution is 2.18. The monoisotopic (exact) mass is 303 g/mol. The summed E-state index contributed by atoms with van der Waals surface area (Å²) in [6.07, 6.45) is 0. The van der Waals surface area contributed by atoms with Crippen LogP contribution in [0.2, 0.25) is 0 Å². The number of nitro groups is 1. The van der Waals surface area contributed by atoms with E-state index in [0.717, 1.165) is 18.2 Å². The van der Waals surface area contributed by atoms with Crippen molar-refractivity contribution in [3.8, 4) is 0 Å². The Labute approximate surface area is 121 Å². The molecule has 0 spiro atoms. The van der Waals surface area contributed by atoms with Gasteiger partial charge < -0.3 is 10.2 Å². The zero-order valence-corrected chi connectivity index (χ0v) is 11.7. The second kappa shape index (κ2) is 6.62. The van der Waals surface area contributed by atoms with E-state index in [1.807, 2.05) is 6.92 Å². The molecule has 1 atom stereocenters. The quantitative estimate of drug-likeness (QED) is 0.665. The Balaban J connectivity index is 0.00000200. The van der Waals surface area contributed by atoms with Crippen LogP contribution in [0.1, 0.15) is 17.3 Å². The van der Waals surface area contributed by atoms with Gasteiger partial charge in [0.15, 0.2) is 0 Å². The average Bonchev–Trinajstić information content (AvgIpc) is 2.37. The highest BCUT2D eigenvalue weighted by atomic mass is 35.5. The third-order valence-corrected chi connectivity index (χ3v) is 3.00. The molecule has 1 fully saturated rings. The molecule has 1 unspecified atom stereocenters. The Morgan fingerprint density at radius 3 is 2.80 bits per heavy atom. The molecule has 0 aromatic heterocycles. The third kappa shape index (κ3) is 3.64. The first-order valence-corrected chi connectivity index (χ1v) is 5.95. The summed E-state index contributed by atoms with van der Waals surface area (Å²) in [5.74, 6) is -1.16. The summed E-state index contributed by atoms with van der Waals surface area (Å²) < 4.78 is 13.3. The number of halogens is 2. The molecule has 110 valence electrons. The fraction of sp³-hybridized carbons (Fsp3) is 0.417. The number of rotatable bonds is 2. The molecule has 0 bridgehead atoms. The number of non-ortho nitro benzene ring substituents is 1. The molecule has 0 aliphatic carbocycles. The number of nitrogens with zero attached hydrogens (tertiary/aromatic N) is 2. The fourth-order valence-corrected chi connectivity index (χ4v) is 2.10. The van der Waals surface area contributed by atoms with E-state index in [1.54, 1.807) is 4.90 Å². The molecule has 1 aliphatic rings. The van der Waals surface area contributed by atoms with Crippen molar-refractivity contribution in [1.82, 2.24) is 10.2 Å². The Bertz CT molecular complexity index is 527. The van der Waals surface area contributed by atoms with E-state index in [9.17, 15) is 19.3 Å². The smallest absolute Gasteiger partial charge is 0.273 e. The standard InChI is InChI=1S/C12H14FN3O3.ClH/c1-8-7-15(3-2-14-8)12(17)9-4-10(13)6-11(5-9)16(18)19;/h4-6,8,14H,2-3,7H2,1H3;1H. The van der Waals surface area contributed by atoms with Crippen molar-refractivity contribution in [2.45, 2.75) is 13.0 Å². The van der Waals surface area contributed by atoms with Gasteiger partial charge in [-0.05, 0) is 13.0 Å². The highest BCUT2D eigenvalue weighted by Gasteiger charge is 2.23. The first-order chi connectivity index (χ1) is 8.97. The molecule has 1 aromatic carbocycles. The maximum atomic E-state index is 13.3. The van der Waals surface area contributed by atoms with Crippen molar-refractivity contribution >= 4 is 24.0 Å². The minimum atomic E-state index is -0.777. The Kier molecular flexibility index (Phi) is 5.41. The maximum Gasteiger partial charge on any atom is 0.273 e. The van der Waals surface area contributed by atoms with E-state index < -0.39 is 16.4 Å². The molecule has 2 rings (SSSR count). The summed E-state index contributed by atoms with van der Waals surface area (Å²) in [5, 5.41) is 13.8. The van der Waals surface area contributed by atoms with E-state index >= 15 is 0 Å². The second-order valence-corrected chi connectivity index (χ2v) is 4.56. The lowest BCUT2D eigenvalue weighted by Gasteiger charge is -2.31. The van der Waals surface area contributed by atoms with Crippen molar-refractivity contribution in [3.05, 3.63) is 39.7 Å². The van der Waals surface area contributed by atoms with Crippen molar-refractivity contribution in [2.24, 2.45) is 0 Å². The minimum absolute atomic E-state index is 0. The van der Waals surface area contributed by atoms with Crippen LogP contribution >= 0.6 is 12.4 Å². The Morgan fingerprint density at radius 1 is 1.50 bits per heavy atom. The van der Waals surface area contributed by atoms with Crippen molar-refractivity contribution in [3.63, 3.8) is 0 Å². The van der Waals surface area contributed by atoms with E-state index in [4.69, 9.17) is 0 Å². The Hall–Kier alpha value is -1.73. The van der Waals surface area contributed by atoms with E-state index in [1.165, 1.54) is 0 Å². The van der Waals surface area contributed by atoms with E-state index in [0.29, 0.717) is 19.6 Å². The molecule has 1 saturated heterocycles. The van der Waals surface area contributed by atoms with Crippen molar-refractivity contribution < 1.29 is 14.1 Å². The van der Waals surface area contributed by atoms with Gasteiger partial charge in [-0.25, -0.2) is 4.39 Å². The van der Waals surface area contributed by atoms with Gasteiger partial charge in [-0.3, -0.25) is 14.9 Å². The third-order valence-electron chi connectivity index (χ3n) is 3.00. The fourth-order valence-electron chi connectivity index (χ4n) is 2.10. The normalized spacial score (nSPS) is 18.3. The lowest BCUT2D eigenvalue weighted by molar-refractivity contribution is -0.385. The average molecular weight is 304 g/mol. The summed E-state index contributed by atoms with van der Waals surface area (Å²) in [7, 11) is 0. The van der Waals surface area contributed by atoms with Crippen LogP contribution in [0.15, 0.2) is 18.2 Å². The Morgan fingerprint density at radius 2 is 2.20 bits per heavy atom. The summed E-state index contributed by atoms with van der Waals surface area (Å²) in [4.78, 5) is 23.7. The molecule has 8 heteroatoms. The second-order valence-electron chi connectivity index (χ2n) is 4.56. The van der Waals surface area contributed by atoms with E-state index in [2.05, 4.69) is 5.32 Å². The lowest BCUT2D eigenvalue weighted by Crippen LogP contribution is -2.51. The molecule has 1 amide bonds. The number of amides is 1. The van der Waals surface area contributed by atoms with Crippen LogP contribution in [0, 0.1) is 15.9 Å². The maximum absolute atomic E-state index is 13.3. The number of nitro benzene ring substituents is 1. The van der Waals surface area contributed by atoms with Crippen molar-refractivity contribution in [1.29, 1.82) is 0 Å². The first kappa shape index (κ1) is 16.3. The molecule has 1 heterocycles. The van der Waals surface area contributed by atoms with Gasteiger partial charge in [0.25, 0.3) is 11.6 Å². The summed E-state index contributed by atoms with van der Waals surface area (Å²) in [5.41, 5.74) is -0.396. The summed E-state index contributed by atoms with van der Waals surface area (Å²) in [6.45, 7) is 3.61. The van der Waals surface area contributed by atoms with Crippen LogP contribution in [0.5, 0.6) is 0 Å². The van der Waals surface area contributed by atoms with Gasteiger partial charge in [-0.1, -0.05) is 0 Å². The van der Waals surface area contributed by atoms with Gasteiger partial charge in [0.1, 0.15) is 5.82 Å². The number of nitrogens with one attached hydrogen (secondary N) is 1. The van der Waals surface area contributed by atoms with Crippen LogP contribution in [0.3, 0.4) is 0 Å². The van der Waals surface area contributed by atoms with Crippen LogP contribution in [-0.2, 0) is 0 Å². The highest BCUT2D eigenvalue weighted by molar-refractivity contribution is 5.95. The zero-order chi connectivity index (χ0) is 14.0. The number of carbonyl (C=O) groups is 1. The molecule has 6 nitrogen and oxygen atoms in total.